The molecular formula is C8H9F7O2. The normalized spacial score (nSPS) is 13.6. The standard InChI is InChI=1S/C8H9F7O2/c1-5(16)17-4-2-3-6(9,10)7(11,12)8(13,14)15/h2-4H2,1H3. The molecule has 0 N–H and O–H groups in total. The first-order chi connectivity index (χ1) is 7.42. The van der Waals surface area contributed by atoms with Crippen LogP contribution in [0.15, 0.2) is 0 Å². The van der Waals surface area contributed by atoms with Gasteiger partial charge in [-0.05, 0) is 6.42 Å². The minimum absolute atomic E-state index is 0.640. The monoisotopic (exact) mass is 270 g/mol. The third-order valence-corrected chi connectivity index (χ3v) is 1.76. The molecule has 0 aromatic rings. The molecule has 2 nitrogen and oxygen atoms in total. The van der Waals surface area contributed by atoms with Crippen molar-refractivity contribution < 1.29 is 40.3 Å². The van der Waals surface area contributed by atoms with E-state index >= 15 is 0 Å². The molecule has 0 fully saturated rings. The molecule has 17 heavy (non-hydrogen) atoms. The quantitative estimate of drug-likeness (QED) is 0.436. The van der Waals surface area contributed by atoms with Gasteiger partial charge in [0.05, 0.1) is 6.61 Å². The van der Waals surface area contributed by atoms with Crippen molar-refractivity contribution >= 4 is 5.97 Å². The van der Waals surface area contributed by atoms with Crippen LogP contribution in [0.25, 0.3) is 0 Å². The van der Waals surface area contributed by atoms with Crippen molar-refractivity contribution in [1.82, 2.24) is 0 Å². The van der Waals surface area contributed by atoms with Crippen molar-refractivity contribution in [2.24, 2.45) is 0 Å². The SMILES string of the molecule is CC(=O)OCCCC(F)(F)C(F)(F)C(F)(F)F. The van der Waals surface area contributed by atoms with Gasteiger partial charge in [0.25, 0.3) is 0 Å². The van der Waals surface area contributed by atoms with E-state index in [1.165, 1.54) is 0 Å². The largest absolute Gasteiger partial charge is 0.466 e. The molecule has 0 aromatic carbocycles. The number of carbonyl (C=O) groups excluding carboxylic acids is 1. The van der Waals surface area contributed by atoms with Crippen LogP contribution in [0.5, 0.6) is 0 Å². The van der Waals surface area contributed by atoms with E-state index in [1.807, 2.05) is 0 Å². The van der Waals surface area contributed by atoms with Gasteiger partial charge < -0.3 is 4.74 Å². The van der Waals surface area contributed by atoms with E-state index in [9.17, 15) is 35.5 Å². The lowest BCUT2D eigenvalue weighted by Crippen LogP contribution is -2.51. The van der Waals surface area contributed by atoms with Gasteiger partial charge >= 0.3 is 24.0 Å². The second-order valence-electron chi connectivity index (χ2n) is 3.22. The summed E-state index contributed by atoms with van der Waals surface area (Å²) >= 11 is 0. The third kappa shape index (κ3) is 4.04. The highest BCUT2D eigenvalue weighted by Gasteiger charge is 2.72. The van der Waals surface area contributed by atoms with Crippen molar-refractivity contribution in [2.45, 2.75) is 37.8 Å². The van der Waals surface area contributed by atoms with E-state index in [1.54, 1.807) is 0 Å². The number of alkyl halides is 7. The number of rotatable bonds is 5. The number of esters is 1. The molecule has 0 radical (unpaired) electrons. The van der Waals surface area contributed by atoms with Gasteiger partial charge in [0.2, 0.25) is 0 Å². The lowest BCUT2D eigenvalue weighted by molar-refractivity contribution is -0.355. The Balaban J connectivity index is 4.42. The molecule has 0 amide bonds. The van der Waals surface area contributed by atoms with Gasteiger partial charge in [0, 0.05) is 13.3 Å². The molecule has 0 heterocycles. The molecule has 0 aliphatic heterocycles. The number of hydrogen-bond donors (Lipinski definition) is 0. The van der Waals surface area contributed by atoms with E-state index in [0.717, 1.165) is 6.92 Å². The molecule has 0 aromatic heterocycles. The van der Waals surface area contributed by atoms with E-state index in [4.69, 9.17) is 0 Å². The van der Waals surface area contributed by atoms with Crippen molar-refractivity contribution in [3.8, 4) is 0 Å². The van der Waals surface area contributed by atoms with Crippen LogP contribution in [0, 0.1) is 0 Å². The summed E-state index contributed by atoms with van der Waals surface area (Å²) in [5, 5.41) is 0. The molecule has 0 rings (SSSR count). The third-order valence-electron chi connectivity index (χ3n) is 1.76. The van der Waals surface area contributed by atoms with Crippen LogP contribution in [0.3, 0.4) is 0 Å². The Bertz CT molecular complexity index is 272. The van der Waals surface area contributed by atoms with Crippen LogP contribution in [0.2, 0.25) is 0 Å². The number of hydrogen-bond acceptors (Lipinski definition) is 2. The van der Waals surface area contributed by atoms with E-state index in [0.29, 0.717) is 0 Å². The number of carbonyl (C=O) groups is 1. The summed E-state index contributed by atoms with van der Waals surface area (Å²) in [6, 6.07) is 0. The van der Waals surface area contributed by atoms with Gasteiger partial charge in [-0.15, -0.1) is 0 Å². The van der Waals surface area contributed by atoms with Crippen LogP contribution in [0.1, 0.15) is 19.8 Å². The topological polar surface area (TPSA) is 26.3 Å². The fraction of sp³-hybridized carbons (Fsp3) is 0.875. The van der Waals surface area contributed by atoms with Gasteiger partial charge in [0.15, 0.2) is 0 Å². The number of ether oxygens (including phenoxy) is 1. The smallest absolute Gasteiger partial charge is 0.459 e. The predicted octanol–water partition coefficient (Wildman–Crippen LogP) is 3.16. The van der Waals surface area contributed by atoms with E-state index < -0.39 is 43.4 Å². The maximum atomic E-state index is 12.6. The van der Waals surface area contributed by atoms with Gasteiger partial charge in [-0.3, -0.25) is 4.79 Å². The van der Waals surface area contributed by atoms with E-state index in [-0.39, 0.29) is 0 Å². The molecule has 0 aliphatic carbocycles. The summed E-state index contributed by atoms with van der Waals surface area (Å²) in [7, 11) is 0. The Labute approximate surface area is 91.7 Å². The Hall–Kier alpha value is -1.02. The molecule has 0 saturated carbocycles. The maximum Gasteiger partial charge on any atom is 0.459 e. The fourth-order valence-electron chi connectivity index (χ4n) is 0.874. The Kier molecular flexibility index (Phi) is 4.79. The Morgan fingerprint density at radius 3 is 1.88 bits per heavy atom. The van der Waals surface area contributed by atoms with Crippen LogP contribution in [-0.4, -0.2) is 30.6 Å². The lowest BCUT2D eigenvalue weighted by Gasteiger charge is -2.28. The highest BCUT2D eigenvalue weighted by molar-refractivity contribution is 5.65. The Morgan fingerprint density at radius 2 is 1.53 bits per heavy atom. The lowest BCUT2D eigenvalue weighted by atomic mass is 10.1. The van der Waals surface area contributed by atoms with Crippen LogP contribution in [0.4, 0.5) is 30.7 Å². The summed E-state index contributed by atoms with van der Waals surface area (Å²) in [4.78, 5) is 10.2. The average Bonchev–Trinajstić information content (AvgIpc) is 2.10. The molecule has 102 valence electrons. The molecule has 0 saturated heterocycles. The average molecular weight is 270 g/mol. The minimum atomic E-state index is -6.32. The van der Waals surface area contributed by atoms with Crippen LogP contribution >= 0.6 is 0 Å². The van der Waals surface area contributed by atoms with Crippen molar-refractivity contribution in [2.75, 3.05) is 6.61 Å². The molecule has 0 unspecified atom stereocenters. The maximum absolute atomic E-state index is 12.6. The van der Waals surface area contributed by atoms with Crippen molar-refractivity contribution in [3.05, 3.63) is 0 Å². The summed E-state index contributed by atoms with van der Waals surface area (Å²) in [6.07, 6.45) is -8.84. The highest BCUT2D eigenvalue weighted by atomic mass is 19.4. The molecular weight excluding hydrogens is 261 g/mol. The number of halogens is 7. The zero-order valence-electron chi connectivity index (χ0n) is 8.58. The first-order valence-electron chi connectivity index (χ1n) is 4.37. The van der Waals surface area contributed by atoms with Gasteiger partial charge in [-0.25, -0.2) is 0 Å². The molecule has 0 atom stereocenters. The van der Waals surface area contributed by atoms with Gasteiger partial charge in [-0.1, -0.05) is 0 Å². The molecule has 0 bridgehead atoms. The fourth-order valence-corrected chi connectivity index (χ4v) is 0.874. The zero-order chi connectivity index (χ0) is 13.9. The highest BCUT2D eigenvalue weighted by Crippen LogP contribution is 2.48. The van der Waals surface area contributed by atoms with Crippen molar-refractivity contribution in [3.63, 3.8) is 0 Å². The van der Waals surface area contributed by atoms with Crippen LogP contribution < -0.4 is 0 Å². The summed E-state index contributed by atoms with van der Waals surface area (Å²) in [6.45, 7) is 0.307. The second-order valence-corrected chi connectivity index (χ2v) is 3.22. The van der Waals surface area contributed by atoms with E-state index in [2.05, 4.69) is 4.74 Å². The zero-order valence-corrected chi connectivity index (χ0v) is 8.58. The predicted molar refractivity (Wildman–Crippen MR) is 41.8 cm³/mol. The molecule has 0 aliphatic rings. The minimum Gasteiger partial charge on any atom is -0.466 e. The molecule has 9 heteroatoms. The van der Waals surface area contributed by atoms with Crippen molar-refractivity contribution in [1.29, 1.82) is 0 Å². The summed E-state index contributed by atoms with van der Waals surface area (Å²) in [5.74, 6) is -12.2. The Morgan fingerprint density at radius 1 is 1.06 bits per heavy atom. The molecule has 0 spiro atoms. The first-order valence-corrected chi connectivity index (χ1v) is 4.37. The second kappa shape index (κ2) is 5.09. The van der Waals surface area contributed by atoms with Gasteiger partial charge in [-0.2, -0.15) is 30.7 Å². The van der Waals surface area contributed by atoms with Gasteiger partial charge in [0.1, 0.15) is 0 Å². The first kappa shape index (κ1) is 16.0. The summed E-state index contributed by atoms with van der Waals surface area (Å²) < 4.78 is 88.9. The summed E-state index contributed by atoms with van der Waals surface area (Å²) in [5.41, 5.74) is 0. The van der Waals surface area contributed by atoms with Crippen LogP contribution in [-0.2, 0) is 9.53 Å².